The normalized spacial score (nSPS) is 33.2. The summed E-state index contributed by atoms with van der Waals surface area (Å²) in [5, 5.41) is 3.21. The molecule has 0 aromatic rings. The first-order valence-corrected chi connectivity index (χ1v) is 4.65. The number of ether oxygens (including phenoxy) is 1. The number of nitrogens with zero attached hydrogens (tertiary/aromatic N) is 1. The Balaban J connectivity index is 2.05. The molecule has 0 spiro atoms. The number of carbonyl (C=O) groups is 1. The molecule has 0 radical (unpaired) electrons. The molecule has 13 heavy (non-hydrogen) atoms. The summed E-state index contributed by atoms with van der Waals surface area (Å²) >= 11 is 0. The first-order chi connectivity index (χ1) is 6.33. The van der Waals surface area contributed by atoms with Gasteiger partial charge in [-0.25, -0.2) is 0 Å². The third kappa shape index (κ3) is 1.54. The molecule has 2 atom stereocenters. The summed E-state index contributed by atoms with van der Waals surface area (Å²) in [6.45, 7) is 3.09. The minimum atomic E-state index is 0.0296. The van der Waals surface area contributed by atoms with Crippen molar-refractivity contribution in [1.82, 2.24) is 10.2 Å². The number of fused-ring (bicyclic) bond motifs is 1. The summed E-state index contributed by atoms with van der Waals surface area (Å²) < 4.78 is 5.53. The van der Waals surface area contributed by atoms with Crippen LogP contribution < -0.4 is 11.1 Å². The van der Waals surface area contributed by atoms with Crippen molar-refractivity contribution in [3.63, 3.8) is 0 Å². The lowest BCUT2D eigenvalue weighted by molar-refractivity contribution is -0.141. The van der Waals surface area contributed by atoms with E-state index in [1.54, 1.807) is 0 Å². The van der Waals surface area contributed by atoms with Gasteiger partial charge in [-0.1, -0.05) is 0 Å². The van der Waals surface area contributed by atoms with Crippen LogP contribution in [0.2, 0.25) is 0 Å². The van der Waals surface area contributed by atoms with Crippen LogP contribution in [0.3, 0.4) is 0 Å². The summed E-state index contributed by atoms with van der Waals surface area (Å²) in [6.07, 6.45) is 0.171. The molecule has 3 N–H and O–H groups in total. The minimum absolute atomic E-state index is 0.0296. The van der Waals surface area contributed by atoms with Crippen molar-refractivity contribution in [2.24, 2.45) is 5.73 Å². The van der Waals surface area contributed by atoms with E-state index in [-0.39, 0.29) is 24.6 Å². The van der Waals surface area contributed by atoms with E-state index in [1.807, 2.05) is 4.90 Å². The van der Waals surface area contributed by atoms with E-state index < -0.39 is 0 Å². The maximum Gasteiger partial charge on any atom is 0.236 e. The van der Waals surface area contributed by atoms with Gasteiger partial charge in [0.05, 0.1) is 25.3 Å². The van der Waals surface area contributed by atoms with Crippen LogP contribution >= 0.6 is 0 Å². The minimum Gasteiger partial charge on any atom is -0.373 e. The van der Waals surface area contributed by atoms with E-state index >= 15 is 0 Å². The second kappa shape index (κ2) is 3.61. The second-order valence-electron chi connectivity index (χ2n) is 3.43. The number of nitrogens with one attached hydrogen (secondary N) is 1. The Bertz CT molecular complexity index is 210. The fraction of sp³-hybridized carbons (Fsp3) is 0.875. The molecule has 2 saturated heterocycles. The van der Waals surface area contributed by atoms with E-state index in [1.165, 1.54) is 0 Å². The Kier molecular flexibility index (Phi) is 2.48. The monoisotopic (exact) mass is 185 g/mol. The van der Waals surface area contributed by atoms with Crippen LogP contribution in [0.4, 0.5) is 0 Å². The van der Waals surface area contributed by atoms with E-state index in [2.05, 4.69) is 5.32 Å². The molecule has 5 heteroatoms. The fourth-order valence-electron chi connectivity index (χ4n) is 2.02. The number of morpholine rings is 1. The van der Waals surface area contributed by atoms with Crippen LogP contribution in [0.25, 0.3) is 0 Å². The lowest BCUT2D eigenvalue weighted by Crippen LogP contribution is -2.54. The zero-order valence-corrected chi connectivity index (χ0v) is 7.53. The van der Waals surface area contributed by atoms with Crippen LogP contribution in [-0.4, -0.2) is 55.7 Å². The van der Waals surface area contributed by atoms with Crippen molar-refractivity contribution >= 4 is 5.91 Å². The molecule has 2 aliphatic heterocycles. The maximum atomic E-state index is 11.4. The SMILES string of the molecule is NCC(=O)N1CCOC2CNCC21. The van der Waals surface area contributed by atoms with E-state index in [0.717, 1.165) is 13.1 Å². The van der Waals surface area contributed by atoms with E-state index in [9.17, 15) is 4.79 Å². The Labute approximate surface area is 77.2 Å². The number of rotatable bonds is 1. The van der Waals surface area contributed by atoms with Gasteiger partial charge < -0.3 is 20.7 Å². The summed E-state index contributed by atoms with van der Waals surface area (Å²) in [7, 11) is 0. The Morgan fingerprint density at radius 1 is 1.62 bits per heavy atom. The van der Waals surface area contributed by atoms with Gasteiger partial charge in [0.1, 0.15) is 0 Å². The highest BCUT2D eigenvalue weighted by atomic mass is 16.5. The van der Waals surface area contributed by atoms with Gasteiger partial charge >= 0.3 is 0 Å². The molecule has 2 unspecified atom stereocenters. The first kappa shape index (κ1) is 8.93. The Morgan fingerprint density at radius 2 is 2.46 bits per heavy atom. The molecule has 0 aromatic heterocycles. The van der Waals surface area contributed by atoms with Crippen molar-refractivity contribution in [2.45, 2.75) is 12.1 Å². The van der Waals surface area contributed by atoms with Crippen molar-refractivity contribution < 1.29 is 9.53 Å². The number of amides is 1. The van der Waals surface area contributed by atoms with E-state index in [4.69, 9.17) is 10.5 Å². The molecule has 2 aliphatic rings. The molecule has 2 heterocycles. The lowest BCUT2D eigenvalue weighted by Gasteiger charge is -2.36. The van der Waals surface area contributed by atoms with E-state index in [0.29, 0.717) is 13.2 Å². The molecule has 1 amide bonds. The highest BCUT2D eigenvalue weighted by Crippen LogP contribution is 2.17. The fourth-order valence-corrected chi connectivity index (χ4v) is 2.02. The molecular weight excluding hydrogens is 170 g/mol. The van der Waals surface area contributed by atoms with Gasteiger partial charge in [0, 0.05) is 19.6 Å². The molecule has 0 saturated carbocycles. The first-order valence-electron chi connectivity index (χ1n) is 4.65. The number of hydrogen-bond donors (Lipinski definition) is 2. The number of hydrogen-bond acceptors (Lipinski definition) is 4. The van der Waals surface area contributed by atoms with Gasteiger partial charge in [-0.3, -0.25) is 4.79 Å². The summed E-state index contributed by atoms with van der Waals surface area (Å²) in [4.78, 5) is 13.3. The highest BCUT2D eigenvalue weighted by molar-refractivity contribution is 5.78. The molecular formula is C8H15N3O2. The second-order valence-corrected chi connectivity index (χ2v) is 3.43. The zero-order chi connectivity index (χ0) is 9.26. The summed E-state index contributed by atoms with van der Waals surface area (Å²) in [5.74, 6) is 0.0296. The standard InChI is InChI=1S/C8H15N3O2/c9-3-8(12)11-1-2-13-7-5-10-4-6(7)11/h6-7,10H,1-5,9H2. The smallest absolute Gasteiger partial charge is 0.236 e. The van der Waals surface area contributed by atoms with Gasteiger partial charge in [0.25, 0.3) is 0 Å². The summed E-state index contributed by atoms with van der Waals surface area (Å²) in [5.41, 5.74) is 5.33. The van der Waals surface area contributed by atoms with Crippen LogP contribution in [0, 0.1) is 0 Å². The van der Waals surface area contributed by atoms with Gasteiger partial charge in [-0.05, 0) is 0 Å². The molecule has 74 valence electrons. The van der Waals surface area contributed by atoms with Gasteiger partial charge in [-0.15, -0.1) is 0 Å². The van der Waals surface area contributed by atoms with Gasteiger partial charge in [-0.2, -0.15) is 0 Å². The molecule has 0 aliphatic carbocycles. The largest absolute Gasteiger partial charge is 0.373 e. The highest BCUT2D eigenvalue weighted by Gasteiger charge is 2.37. The van der Waals surface area contributed by atoms with Crippen molar-refractivity contribution in [3.05, 3.63) is 0 Å². The van der Waals surface area contributed by atoms with Gasteiger partial charge in [0.15, 0.2) is 0 Å². The molecule has 2 fully saturated rings. The predicted molar refractivity (Wildman–Crippen MR) is 47.2 cm³/mol. The average Bonchev–Trinajstić information content (AvgIpc) is 2.63. The van der Waals surface area contributed by atoms with Crippen molar-refractivity contribution in [1.29, 1.82) is 0 Å². The quantitative estimate of drug-likeness (QED) is 0.503. The van der Waals surface area contributed by atoms with Crippen molar-refractivity contribution in [3.8, 4) is 0 Å². The van der Waals surface area contributed by atoms with Crippen LogP contribution in [0.15, 0.2) is 0 Å². The lowest BCUT2D eigenvalue weighted by atomic mass is 10.1. The Morgan fingerprint density at radius 3 is 3.23 bits per heavy atom. The summed E-state index contributed by atoms with van der Waals surface area (Å²) in [6, 6.07) is 0.199. The number of nitrogens with two attached hydrogens (primary N) is 1. The third-order valence-corrected chi connectivity index (χ3v) is 2.69. The molecule has 0 bridgehead atoms. The molecule has 5 nitrogen and oxygen atoms in total. The predicted octanol–water partition coefficient (Wildman–Crippen LogP) is -1.86. The van der Waals surface area contributed by atoms with Crippen LogP contribution in [-0.2, 0) is 9.53 Å². The number of carbonyl (C=O) groups excluding carboxylic acids is 1. The van der Waals surface area contributed by atoms with Crippen LogP contribution in [0.1, 0.15) is 0 Å². The topological polar surface area (TPSA) is 67.6 Å². The third-order valence-electron chi connectivity index (χ3n) is 2.69. The maximum absolute atomic E-state index is 11.4. The average molecular weight is 185 g/mol. The zero-order valence-electron chi connectivity index (χ0n) is 7.53. The van der Waals surface area contributed by atoms with Crippen LogP contribution in [0.5, 0.6) is 0 Å². The van der Waals surface area contributed by atoms with Crippen molar-refractivity contribution in [2.75, 3.05) is 32.8 Å². The van der Waals surface area contributed by atoms with Gasteiger partial charge in [0.2, 0.25) is 5.91 Å². The molecule has 0 aromatic carbocycles. The Hall–Kier alpha value is -0.650. The molecule has 2 rings (SSSR count).